The van der Waals surface area contributed by atoms with Gasteiger partial charge in [0.25, 0.3) is 5.91 Å². The topological polar surface area (TPSA) is 120 Å². The minimum Gasteiger partial charge on any atom is -0.452 e. The van der Waals surface area contributed by atoms with Crippen molar-refractivity contribution in [2.75, 3.05) is 18.1 Å². The Morgan fingerprint density at radius 3 is 2.64 bits per heavy atom. The van der Waals surface area contributed by atoms with Gasteiger partial charge in [-0.3, -0.25) is 4.79 Å². The van der Waals surface area contributed by atoms with E-state index < -0.39 is 34.4 Å². The zero-order chi connectivity index (χ0) is 17.9. The summed E-state index contributed by atoms with van der Waals surface area (Å²) in [6.45, 7) is -0.458. The van der Waals surface area contributed by atoms with Crippen LogP contribution in [0.1, 0.15) is 16.8 Å². The Labute approximate surface area is 143 Å². The summed E-state index contributed by atoms with van der Waals surface area (Å²) in [4.78, 5) is 27.5. The van der Waals surface area contributed by atoms with E-state index in [1.807, 2.05) is 0 Å². The zero-order valence-electron chi connectivity index (χ0n) is 13.2. The number of aromatic nitrogens is 3. The summed E-state index contributed by atoms with van der Waals surface area (Å²) in [5, 5.41) is 6.53. The molecule has 2 heterocycles. The molecule has 0 radical (unpaired) electrons. The first kappa shape index (κ1) is 17.1. The fourth-order valence-corrected chi connectivity index (χ4v) is 4.16. The molecule has 0 unspecified atom stereocenters. The molecule has 1 aromatic carbocycles. The molecule has 132 valence electrons. The predicted molar refractivity (Wildman–Crippen MR) is 86.8 cm³/mol. The smallest absolute Gasteiger partial charge is 0.338 e. The monoisotopic (exact) mass is 364 g/mol. The maximum absolute atomic E-state index is 12.0. The number of nitrogens with zero attached hydrogens (tertiary/aromatic N) is 3. The molecule has 1 N–H and O–H groups in total. The van der Waals surface area contributed by atoms with Gasteiger partial charge in [0.15, 0.2) is 16.4 Å². The third-order valence-corrected chi connectivity index (χ3v) is 5.49. The molecule has 9 nitrogen and oxygen atoms in total. The van der Waals surface area contributed by atoms with Crippen LogP contribution in [0, 0.1) is 0 Å². The molecule has 3 rings (SSSR count). The van der Waals surface area contributed by atoms with Crippen LogP contribution in [0.4, 0.5) is 0 Å². The Bertz CT molecular complexity index is 862. The van der Waals surface area contributed by atoms with Crippen LogP contribution >= 0.6 is 0 Å². The van der Waals surface area contributed by atoms with Crippen molar-refractivity contribution < 1.29 is 22.7 Å². The van der Waals surface area contributed by atoms with Crippen molar-refractivity contribution in [3.8, 4) is 5.69 Å². The molecule has 10 heteroatoms. The Kier molecular flexibility index (Phi) is 4.79. The summed E-state index contributed by atoms with van der Waals surface area (Å²) in [6, 6.07) is 6.04. The first-order chi connectivity index (χ1) is 11.9. The molecule has 1 amide bonds. The molecule has 0 aliphatic carbocycles. The molecule has 1 aliphatic heterocycles. The molecule has 1 atom stereocenters. The fraction of sp³-hybridized carbons (Fsp3) is 0.333. The third-order valence-electron chi connectivity index (χ3n) is 3.72. The van der Waals surface area contributed by atoms with Crippen molar-refractivity contribution in [2.24, 2.45) is 0 Å². The summed E-state index contributed by atoms with van der Waals surface area (Å²) in [5.74, 6) is -1.17. The Morgan fingerprint density at radius 1 is 1.28 bits per heavy atom. The fourth-order valence-electron chi connectivity index (χ4n) is 2.48. The lowest BCUT2D eigenvalue weighted by Crippen LogP contribution is -2.38. The van der Waals surface area contributed by atoms with Crippen LogP contribution in [0.15, 0.2) is 36.9 Å². The van der Waals surface area contributed by atoms with Crippen LogP contribution < -0.4 is 5.32 Å². The first-order valence-corrected chi connectivity index (χ1v) is 9.37. The van der Waals surface area contributed by atoms with E-state index in [1.165, 1.54) is 17.3 Å². The number of rotatable bonds is 5. The van der Waals surface area contributed by atoms with Gasteiger partial charge in [0.05, 0.1) is 22.8 Å². The molecule has 0 saturated carbocycles. The highest BCUT2D eigenvalue weighted by Gasteiger charge is 2.29. The Balaban J connectivity index is 1.50. The maximum atomic E-state index is 12.0. The van der Waals surface area contributed by atoms with Crippen molar-refractivity contribution in [1.29, 1.82) is 0 Å². The minimum absolute atomic E-state index is 0.0653. The van der Waals surface area contributed by atoms with E-state index in [0.717, 1.165) is 5.69 Å². The number of hydrogen-bond donors (Lipinski definition) is 1. The number of ether oxygens (including phenoxy) is 1. The lowest BCUT2D eigenvalue weighted by atomic mass is 10.2. The molecule has 1 fully saturated rings. The average molecular weight is 364 g/mol. The van der Waals surface area contributed by atoms with E-state index in [1.54, 1.807) is 24.3 Å². The molecular formula is C15H16N4O5S. The van der Waals surface area contributed by atoms with Crippen LogP contribution in [0.25, 0.3) is 5.69 Å². The minimum atomic E-state index is -3.07. The second kappa shape index (κ2) is 7.01. The molecule has 1 saturated heterocycles. The molecular weight excluding hydrogens is 348 g/mol. The number of carbonyl (C=O) groups excluding carboxylic acids is 2. The van der Waals surface area contributed by atoms with Gasteiger partial charge in [0.2, 0.25) is 0 Å². The predicted octanol–water partition coefficient (Wildman–Crippen LogP) is -0.273. The highest BCUT2D eigenvalue weighted by atomic mass is 32.2. The normalized spacial score (nSPS) is 18.6. The SMILES string of the molecule is O=C(COC(=O)c1ccc(-n2cncn2)cc1)N[C@H]1CCS(=O)(=O)C1. The van der Waals surface area contributed by atoms with E-state index in [9.17, 15) is 18.0 Å². The average Bonchev–Trinajstić information content (AvgIpc) is 3.22. The number of benzene rings is 1. The van der Waals surface area contributed by atoms with Crippen molar-refractivity contribution >= 4 is 21.7 Å². The molecule has 1 aliphatic rings. The summed E-state index contributed by atoms with van der Waals surface area (Å²) in [6.07, 6.45) is 3.31. The van der Waals surface area contributed by atoms with Gasteiger partial charge in [-0.1, -0.05) is 0 Å². The van der Waals surface area contributed by atoms with Gasteiger partial charge in [0.1, 0.15) is 12.7 Å². The number of esters is 1. The Hall–Kier alpha value is -2.75. The van der Waals surface area contributed by atoms with E-state index in [0.29, 0.717) is 12.0 Å². The van der Waals surface area contributed by atoms with Crippen molar-refractivity contribution in [3.05, 3.63) is 42.5 Å². The van der Waals surface area contributed by atoms with Crippen LogP contribution in [0.3, 0.4) is 0 Å². The van der Waals surface area contributed by atoms with Gasteiger partial charge >= 0.3 is 5.97 Å². The van der Waals surface area contributed by atoms with E-state index in [4.69, 9.17) is 4.74 Å². The third kappa shape index (κ3) is 4.41. The van der Waals surface area contributed by atoms with E-state index in [2.05, 4.69) is 15.4 Å². The molecule has 0 spiro atoms. The van der Waals surface area contributed by atoms with Gasteiger partial charge in [-0.05, 0) is 30.7 Å². The number of amides is 1. The quantitative estimate of drug-likeness (QED) is 0.725. The number of nitrogens with one attached hydrogen (secondary N) is 1. The summed E-state index contributed by atoms with van der Waals surface area (Å²) < 4.78 is 29.2. The van der Waals surface area contributed by atoms with Crippen LogP contribution in [-0.4, -0.2) is 59.2 Å². The van der Waals surface area contributed by atoms with Crippen molar-refractivity contribution in [2.45, 2.75) is 12.5 Å². The number of hydrogen-bond acceptors (Lipinski definition) is 7. The maximum Gasteiger partial charge on any atom is 0.338 e. The van der Waals surface area contributed by atoms with E-state index in [-0.39, 0.29) is 11.5 Å². The highest BCUT2D eigenvalue weighted by Crippen LogP contribution is 2.11. The first-order valence-electron chi connectivity index (χ1n) is 7.55. The number of carbonyl (C=O) groups is 2. The zero-order valence-corrected chi connectivity index (χ0v) is 14.0. The van der Waals surface area contributed by atoms with Crippen LogP contribution in [-0.2, 0) is 19.4 Å². The lowest BCUT2D eigenvalue weighted by molar-refractivity contribution is -0.124. The van der Waals surface area contributed by atoms with Crippen molar-refractivity contribution in [1.82, 2.24) is 20.1 Å². The van der Waals surface area contributed by atoms with Crippen molar-refractivity contribution in [3.63, 3.8) is 0 Å². The molecule has 25 heavy (non-hydrogen) atoms. The standard InChI is InChI=1S/C15H16N4O5S/c20-14(18-12-5-6-25(22,23)8-12)7-24-15(21)11-1-3-13(4-2-11)19-10-16-9-17-19/h1-4,9-10,12H,5-8H2,(H,18,20)/t12-/m0/s1. The van der Waals surface area contributed by atoms with Crippen LogP contribution in [0.5, 0.6) is 0 Å². The lowest BCUT2D eigenvalue weighted by Gasteiger charge is -2.11. The van der Waals surface area contributed by atoms with Gasteiger partial charge in [-0.2, -0.15) is 5.10 Å². The molecule has 1 aromatic heterocycles. The van der Waals surface area contributed by atoms with E-state index >= 15 is 0 Å². The second-order valence-corrected chi connectivity index (χ2v) is 7.86. The largest absolute Gasteiger partial charge is 0.452 e. The highest BCUT2D eigenvalue weighted by molar-refractivity contribution is 7.91. The van der Waals surface area contributed by atoms with Gasteiger partial charge < -0.3 is 10.1 Å². The van der Waals surface area contributed by atoms with Gasteiger partial charge in [-0.25, -0.2) is 22.9 Å². The van der Waals surface area contributed by atoms with Gasteiger partial charge in [0, 0.05) is 6.04 Å². The summed E-state index contributed by atoms with van der Waals surface area (Å²) in [7, 11) is -3.07. The molecule has 2 aromatic rings. The number of sulfone groups is 1. The van der Waals surface area contributed by atoms with Gasteiger partial charge in [-0.15, -0.1) is 0 Å². The summed E-state index contributed by atoms with van der Waals surface area (Å²) in [5.41, 5.74) is 1.02. The molecule has 0 bridgehead atoms. The summed E-state index contributed by atoms with van der Waals surface area (Å²) >= 11 is 0. The second-order valence-electron chi connectivity index (χ2n) is 5.63. The Morgan fingerprint density at radius 2 is 2.04 bits per heavy atom. The van der Waals surface area contributed by atoms with Crippen LogP contribution in [0.2, 0.25) is 0 Å².